The molecule has 6 heteroatoms. The van der Waals surface area contributed by atoms with Crippen molar-refractivity contribution >= 4 is 45.8 Å². The Hall–Kier alpha value is -2.99. The highest BCUT2D eigenvalue weighted by atomic mass is 32.2. The molecule has 0 saturated carbocycles. The standard InChI is InChI=1S/C21H18N2O3S/c1-13(2)23-12-14(15-7-3-5-9-17(15)23)11-19(20(24)25)27-21-22-16-8-4-6-10-18(16)26-21/h3-13H,1-2H3,(H,24,25)/b19-11-. The lowest BCUT2D eigenvalue weighted by Gasteiger charge is -2.08. The van der Waals surface area contributed by atoms with Crippen molar-refractivity contribution in [3.8, 4) is 0 Å². The fourth-order valence-electron chi connectivity index (χ4n) is 3.04. The first-order valence-corrected chi connectivity index (χ1v) is 9.42. The first-order valence-electron chi connectivity index (χ1n) is 8.61. The first-order chi connectivity index (χ1) is 13.0. The lowest BCUT2D eigenvalue weighted by Crippen LogP contribution is -1.98. The smallest absolute Gasteiger partial charge is 0.342 e. The van der Waals surface area contributed by atoms with Gasteiger partial charge in [-0.1, -0.05) is 30.3 Å². The number of fused-ring (bicyclic) bond motifs is 2. The summed E-state index contributed by atoms with van der Waals surface area (Å²) in [7, 11) is 0. The van der Waals surface area contributed by atoms with Crippen LogP contribution in [0, 0.1) is 0 Å². The Labute approximate surface area is 160 Å². The molecule has 0 aliphatic heterocycles. The Morgan fingerprint density at radius 3 is 2.67 bits per heavy atom. The van der Waals surface area contributed by atoms with Crippen LogP contribution in [-0.4, -0.2) is 20.6 Å². The van der Waals surface area contributed by atoms with Gasteiger partial charge in [-0.2, -0.15) is 0 Å². The van der Waals surface area contributed by atoms with E-state index in [0.717, 1.165) is 28.2 Å². The zero-order chi connectivity index (χ0) is 19.0. The van der Waals surface area contributed by atoms with Crippen molar-refractivity contribution in [3.05, 3.63) is 65.2 Å². The zero-order valence-electron chi connectivity index (χ0n) is 14.9. The topological polar surface area (TPSA) is 68.3 Å². The third-order valence-corrected chi connectivity index (χ3v) is 5.16. The SMILES string of the molecule is CC(C)n1cc(/C=C(\Sc2nc3ccccc3o2)C(=O)O)c2ccccc21. The Morgan fingerprint density at radius 1 is 1.19 bits per heavy atom. The van der Waals surface area contributed by atoms with E-state index < -0.39 is 5.97 Å². The maximum Gasteiger partial charge on any atom is 0.342 e. The summed E-state index contributed by atoms with van der Waals surface area (Å²) in [5, 5.41) is 11.0. The van der Waals surface area contributed by atoms with Crippen LogP contribution in [0.15, 0.2) is 69.3 Å². The fraction of sp³-hybridized carbons (Fsp3) is 0.143. The van der Waals surface area contributed by atoms with Gasteiger partial charge < -0.3 is 14.1 Å². The molecule has 0 spiro atoms. The van der Waals surface area contributed by atoms with Crippen LogP contribution >= 0.6 is 11.8 Å². The number of hydrogen-bond acceptors (Lipinski definition) is 4. The highest BCUT2D eigenvalue weighted by Gasteiger charge is 2.17. The van der Waals surface area contributed by atoms with Gasteiger partial charge >= 0.3 is 5.97 Å². The van der Waals surface area contributed by atoms with Gasteiger partial charge in [0.05, 0.1) is 0 Å². The van der Waals surface area contributed by atoms with Gasteiger partial charge in [0.2, 0.25) is 0 Å². The normalized spacial score (nSPS) is 12.3. The Kier molecular flexibility index (Phi) is 4.49. The summed E-state index contributed by atoms with van der Waals surface area (Å²) in [6, 6.07) is 15.6. The third kappa shape index (κ3) is 3.36. The van der Waals surface area contributed by atoms with Crippen LogP contribution in [0.1, 0.15) is 25.5 Å². The van der Waals surface area contributed by atoms with Gasteiger partial charge in [0.15, 0.2) is 5.58 Å². The molecule has 2 heterocycles. The number of aromatic nitrogens is 2. The summed E-state index contributed by atoms with van der Waals surface area (Å²) < 4.78 is 7.80. The van der Waals surface area contributed by atoms with E-state index >= 15 is 0 Å². The second kappa shape index (κ2) is 6.96. The van der Waals surface area contributed by atoms with Crippen molar-refractivity contribution in [1.82, 2.24) is 9.55 Å². The Morgan fingerprint density at radius 2 is 1.93 bits per heavy atom. The molecular weight excluding hydrogens is 360 g/mol. The highest BCUT2D eigenvalue weighted by Crippen LogP contribution is 2.33. The minimum atomic E-state index is -1.01. The largest absolute Gasteiger partial charge is 0.477 e. The van der Waals surface area contributed by atoms with E-state index in [9.17, 15) is 9.90 Å². The zero-order valence-corrected chi connectivity index (χ0v) is 15.7. The van der Waals surface area contributed by atoms with Gasteiger partial charge in [0.1, 0.15) is 10.4 Å². The van der Waals surface area contributed by atoms with E-state index in [2.05, 4.69) is 23.4 Å². The number of para-hydroxylation sites is 3. The molecule has 2 aromatic heterocycles. The molecular formula is C21H18N2O3S. The predicted molar refractivity (Wildman–Crippen MR) is 108 cm³/mol. The molecule has 0 unspecified atom stereocenters. The molecule has 1 N–H and O–H groups in total. The molecule has 136 valence electrons. The Balaban J connectivity index is 1.77. The van der Waals surface area contributed by atoms with Gasteiger partial charge in [-0.05, 0) is 49.9 Å². The molecule has 2 aromatic carbocycles. The molecule has 0 aliphatic carbocycles. The van der Waals surface area contributed by atoms with Crippen molar-refractivity contribution < 1.29 is 14.3 Å². The minimum Gasteiger partial charge on any atom is -0.477 e. The average molecular weight is 378 g/mol. The molecule has 5 nitrogen and oxygen atoms in total. The van der Waals surface area contributed by atoms with Crippen LogP contribution < -0.4 is 0 Å². The maximum absolute atomic E-state index is 11.8. The minimum absolute atomic E-state index is 0.160. The summed E-state index contributed by atoms with van der Waals surface area (Å²) in [5.41, 5.74) is 3.29. The lowest BCUT2D eigenvalue weighted by atomic mass is 10.1. The number of thioether (sulfide) groups is 1. The average Bonchev–Trinajstić information content (AvgIpc) is 3.22. The second-order valence-electron chi connectivity index (χ2n) is 6.47. The second-order valence-corrected chi connectivity index (χ2v) is 7.46. The first kappa shape index (κ1) is 17.4. The predicted octanol–water partition coefficient (Wildman–Crippen LogP) is 5.58. The van der Waals surface area contributed by atoms with Crippen LogP contribution in [0.4, 0.5) is 0 Å². The summed E-state index contributed by atoms with van der Waals surface area (Å²) in [5.74, 6) is -1.01. The molecule has 4 rings (SSSR count). The van der Waals surface area contributed by atoms with Crippen LogP contribution in [-0.2, 0) is 4.79 Å². The van der Waals surface area contributed by atoms with Gasteiger partial charge in [0, 0.05) is 28.7 Å². The van der Waals surface area contributed by atoms with Crippen molar-refractivity contribution in [2.45, 2.75) is 25.1 Å². The van der Waals surface area contributed by atoms with E-state index in [1.54, 1.807) is 6.08 Å². The highest BCUT2D eigenvalue weighted by molar-refractivity contribution is 8.03. The summed E-state index contributed by atoms with van der Waals surface area (Å²) in [6.07, 6.45) is 3.67. The van der Waals surface area contributed by atoms with Crippen molar-refractivity contribution in [2.24, 2.45) is 0 Å². The number of benzene rings is 2. The molecule has 0 bridgehead atoms. The number of aliphatic carboxylic acids is 1. The number of rotatable bonds is 5. The van der Waals surface area contributed by atoms with Crippen molar-refractivity contribution in [3.63, 3.8) is 0 Å². The molecule has 4 aromatic rings. The number of carbonyl (C=O) groups is 1. The van der Waals surface area contributed by atoms with Gasteiger partial charge in [0.25, 0.3) is 5.22 Å². The van der Waals surface area contributed by atoms with E-state index in [1.807, 2.05) is 54.7 Å². The number of hydrogen-bond donors (Lipinski definition) is 1. The fourth-order valence-corrected chi connectivity index (χ4v) is 3.78. The third-order valence-electron chi connectivity index (χ3n) is 4.30. The van der Waals surface area contributed by atoms with Gasteiger partial charge in [-0.3, -0.25) is 0 Å². The summed E-state index contributed by atoms with van der Waals surface area (Å²) in [6.45, 7) is 4.20. The van der Waals surface area contributed by atoms with Crippen molar-refractivity contribution in [1.29, 1.82) is 0 Å². The molecule has 0 fully saturated rings. The molecule has 0 aliphatic rings. The van der Waals surface area contributed by atoms with Gasteiger partial charge in [-0.15, -0.1) is 0 Å². The molecule has 0 saturated heterocycles. The van der Waals surface area contributed by atoms with E-state index in [1.165, 1.54) is 0 Å². The molecule has 0 atom stereocenters. The number of oxazole rings is 1. The Bertz CT molecular complexity index is 1140. The van der Waals surface area contributed by atoms with Crippen LogP contribution in [0.5, 0.6) is 0 Å². The van der Waals surface area contributed by atoms with E-state index in [-0.39, 0.29) is 10.9 Å². The van der Waals surface area contributed by atoms with Crippen LogP contribution in [0.2, 0.25) is 0 Å². The number of nitrogens with zero attached hydrogens (tertiary/aromatic N) is 2. The lowest BCUT2D eigenvalue weighted by molar-refractivity contribution is -0.131. The number of carboxylic acids is 1. The van der Waals surface area contributed by atoms with Crippen LogP contribution in [0.3, 0.4) is 0 Å². The van der Waals surface area contributed by atoms with Crippen molar-refractivity contribution in [2.75, 3.05) is 0 Å². The number of carboxylic acid groups (broad SMARTS) is 1. The molecule has 27 heavy (non-hydrogen) atoms. The summed E-state index contributed by atoms with van der Waals surface area (Å²) in [4.78, 5) is 16.4. The quantitative estimate of drug-likeness (QED) is 0.363. The summed E-state index contributed by atoms with van der Waals surface area (Å²) >= 11 is 1.02. The molecule has 0 radical (unpaired) electrons. The van der Waals surface area contributed by atoms with Crippen LogP contribution in [0.25, 0.3) is 28.1 Å². The van der Waals surface area contributed by atoms with E-state index in [4.69, 9.17) is 4.42 Å². The van der Waals surface area contributed by atoms with E-state index in [0.29, 0.717) is 16.3 Å². The monoisotopic (exact) mass is 378 g/mol. The molecule has 0 amide bonds. The maximum atomic E-state index is 11.8. The van der Waals surface area contributed by atoms with Gasteiger partial charge in [-0.25, -0.2) is 9.78 Å².